The lowest BCUT2D eigenvalue weighted by atomic mass is 10.1. The van der Waals surface area contributed by atoms with E-state index in [0.29, 0.717) is 23.0 Å². The lowest BCUT2D eigenvalue weighted by molar-refractivity contribution is 0.102. The Labute approximate surface area is 162 Å². The van der Waals surface area contributed by atoms with Crippen LogP contribution in [0, 0.1) is 0 Å². The predicted molar refractivity (Wildman–Crippen MR) is 109 cm³/mol. The van der Waals surface area contributed by atoms with Crippen LogP contribution in [0.25, 0.3) is 22.3 Å². The van der Waals surface area contributed by atoms with Gasteiger partial charge in [0, 0.05) is 22.6 Å². The second kappa shape index (κ2) is 6.85. The monoisotopic (exact) mass is 366 g/mol. The molecule has 136 valence electrons. The number of para-hydroxylation sites is 1. The van der Waals surface area contributed by atoms with Crippen LogP contribution in [-0.4, -0.2) is 20.9 Å². The zero-order valence-electron chi connectivity index (χ0n) is 15.2. The SMILES string of the molecule is O=C(Nc1cnc(-c2ccccc2)nc1)c1cc(C2CC2)nc2ccccc12. The number of nitrogens with zero attached hydrogens (tertiary/aromatic N) is 3. The summed E-state index contributed by atoms with van der Waals surface area (Å²) in [5.41, 5.74) is 4.00. The quantitative estimate of drug-likeness (QED) is 0.562. The smallest absolute Gasteiger partial charge is 0.256 e. The van der Waals surface area contributed by atoms with Gasteiger partial charge in [-0.25, -0.2) is 9.97 Å². The van der Waals surface area contributed by atoms with Gasteiger partial charge < -0.3 is 5.32 Å². The molecule has 0 unspecified atom stereocenters. The van der Waals surface area contributed by atoms with Gasteiger partial charge in [0.1, 0.15) is 0 Å². The van der Waals surface area contributed by atoms with Gasteiger partial charge in [-0.2, -0.15) is 0 Å². The van der Waals surface area contributed by atoms with Crippen LogP contribution in [0.3, 0.4) is 0 Å². The summed E-state index contributed by atoms with van der Waals surface area (Å²) in [6.07, 6.45) is 5.55. The van der Waals surface area contributed by atoms with E-state index in [1.165, 1.54) is 0 Å². The highest BCUT2D eigenvalue weighted by molar-refractivity contribution is 6.12. The number of hydrogen-bond acceptors (Lipinski definition) is 4. The van der Waals surface area contributed by atoms with Gasteiger partial charge in [0.05, 0.1) is 29.2 Å². The van der Waals surface area contributed by atoms with Crippen LogP contribution in [0.1, 0.15) is 34.8 Å². The maximum atomic E-state index is 13.0. The van der Waals surface area contributed by atoms with Crippen molar-refractivity contribution < 1.29 is 4.79 Å². The minimum atomic E-state index is -0.170. The topological polar surface area (TPSA) is 67.8 Å². The van der Waals surface area contributed by atoms with Crippen LogP contribution in [0.4, 0.5) is 5.69 Å². The van der Waals surface area contributed by atoms with Gasteiger partial charge >= 0.3 is 0 Å². The van der Waals surface area contributed by atoms with Crippen molar-refractivity contribution in [3.63, 3.8) is 0 Å². The Morgan fingerprint density at radius 1 is 0.929 bits per heavy atom. The number of amides is 1. The highest BCUT2D eigenvalue weighted by Gasteiger charge is 2.27. The molecule has 1 aliphatic rings. The van der Waals surface area contributed by atoms with Gasteiger partial charge in [-0.1, -0.05) is 48.5 Å². The number of aromatic nitrogens is 3. The third-order valence-electron chi connectivity index (χ3n) is 4.92. The number of anilines is 1. The number of fused-ring (bicyclic) bond motifs is 1. The van der Waals surface area contributed by atoms with E-state index in [1.54, 1.807) is 12.4 Å². The molecule has 2 heterocycles. The molecular weight excluding hydrogens is 348 g/mol. The van der Waals surface area contributed by atoms with Crippen molar-refractivity contribution in [3.8, 4) is 11.4 Å². The molecule has 0 bridgehead atoms. The molecular formula is C23H18N4O. The summed E-state index contributed by atoms with van der Waals surface area (Å²) in [4.78, 5) is 26.5. The molecule has 0 atom stereocenters. The Kier molecular flexibility index (Phi) is 4.05. The second-order valence-corrected chi connectivity index (χ2v) is 7.00. The standard InChI is InChI=1S/C23H18N4O/c28-23(26-17-13-24-22(25-14-17)16-6-2-1-3-7-16)19-12-21(15-10-11-15)27-20-9-5-4-8-18(19)20/h1-9,12-15H,10-11H2,(H,26,28). The largest absolute Gasteiger partial charge is 0.319 e. The Morgan fingerprint density at radius 2 is 1.64 bits per heavy atom. The highest BCUT2D eigenvalue weighted by atomic mass is 16.1. The van der Waals surface area contributed by atoms with Crippen molar-refractivity contribution in [2.45, 2.75) is 18.8 Å². The lowest BCUT2D eigenvalue weighted by Gasteiger charge is -2.10. The van der Waals surface area contributed by atoms with E-state index in [2.05, 4.69) is 15.3 Å². The van der Waals surface area contributed by atoms with Crippen molar-refractivity contribution in [2.24, 2.45) is 0 Å². The Hall–Kier alpha value is -3.60. The third kappa shape index (κ3) is 3.22. The average molecular weight is 366 g/mol. The summed E-state index contributed by atoms with van der Waals surface area (Å²) in [7, 11) is 0. The molecule has 0 saturated heterocycles. The van der Waals surface area contributed by atoms with Crippen molar-refractivity contribution in [1.82, 2.24) is 15.0 Å². The molecule has 1 saturated carbocycles. The second-order valence-electron chi connectivity index (χ2n) is 7.00. The number of nitrogens with one attached hydrogen (secondary N) is 1. The Morgan fingerprint density at radius 3 is 2.39 bits per heavy atom. The first-order chi connectivity index (χ1) is 13.8. The molecule has 4 aromatic rings. The number of benzene rings is 2. The molecule has 0 aliphatic heterocycles. The fourth-order valence-corrected chi connectivity index (χ4v) is 3.30. The number of rotatable bonds is 4. The number of carbonyl (C=O) groups excluding carboxylic acids is 1. The summed E-state index contributed by atoms with van der Waals surface area (Å²) in [5.74, 6) is 0.935. The van der Waals surface area contributed by atoms with Crippen LogP contribution in [0.5, 0.6) is 0 Å². The van der Waals surface area contributed by atoms with Crippen molar-refractivity contribution in [3.05, 3.63) is 84.3 Å². The molecule has 0 spiro atoms. The molecule has 1 N–H and O–H groups in total. The number of carbonyl (C=O) groups is 1. The van der Waals surface area contributed by atoms with Crippen molar-refractivity contribution >= 4 is 22.5 Å². The minimum Gasteiger partial charge on any atom is -0.319 e. The van der Waals surface area contributed by atoms with Gasteiger partial charge in [-0.05, 0) is 25.0 Å². The summed E-state index contributed by atoms with van der Waals surface area (Å²) < 4.78 is 0. The van der Waals surface area contributed by atoms with E-state index in [1.807, 2.05) is 60.7 Å². The van der Waals surface area contributed by atoms with Crippen LogP contribution in [-0.2, 0) is 0 Å². The number of hydrogen-bond donors (Lipinski definition) is 1. The minimum absolute atomic E-state index is 0.170. The highest BCUT2D eigenvalue weighted by Crippen LogP contribution is 2.40. The fraction of sp³-hybridized carbons (Fsp3) is 0.130. The maximum Gasteiger partial charge on any atom is 0.256 e. The van der Waals surface area contributed by atoms with Gasteiger partial charge in [-0.3, -0.25) is 9.78 Å². The van der Waals surface area contributed by atoms with E-state index in [0.717, 1.165) is 35.0 Å². The molecule has 1 fully saturated rings. The molecule has 1 amide bonds. The molecule has 5 nitrogen and oxygen atoms in total. The normalized spacial score (nSPS) is 13.4. The first kappa shape index (κ1) is 16.6. The summed E-state index contributed by atoms with van der Waals surface area (Å²) in [6.45, 7) is 0. The molecule has 5 heteroatoms. The fourth-order valence-electron chi connectivity index (χ4n) is 3.30. The van der Waals surface area contributed by atoms with E-state index in [-0.39, 0.29) is 5.91 Å². The summed E-state index contributed by atoms with van der Waals surface area (Å²) in [5, 5.41) is 3.78. The van der Waals surface area contributed by atoms with Crippen LogP contribution >= 0.6 is 0 Å². The van der Waals surface area contributed by atoms with E-state index in [9.17, 15) is 4.79 Å². The zero-order chi connectivity index (χ0) is 18.9. The van der Waals surface area contributed by atoms with Crippen LogP contribution < -0.4 is 5.32 Å². The van der Waals surface area contributed by atoms with Crippen molar-refractivity contribution in [2.75, 3.05) is 5.32 Å². The van der Waals surface area contributed by atoms with Crippen molar-refractivity contribution in [1.29, 1.82) is 0 Å². The third-order valence-corrected chi connectivity index (χ3v) is 4.92. The van der Waals surface area contributed by atoms with Gasteiger partial charge in [-0.15, -0.1) is 0 Å². The summed E-state index contributed by atoms with van der Waals surface area (Å²) >= 11 is 0. The molecule has 28 heavy (non-hydrogen) atoms. The molecule has 2 aromatic heterocycles. The molecule has 0 radical (unpaired) electrons. The van der Waals surface area contributed by atoms with Gasteiger partial charge in [0.15, 0.2) is 5.82 Å². The number of pyridine rings is 1. The average Bonchev–Trinajstić information content (AvgIpc) is 3.59. The summed E-state index contributed by atoms with van der Waals surface area (Å²) in [6, 6.07) is 19.4. The molecule has 5 rings (SSSR count). The maximum absolute atomic E-state index is 13.0. The van der Waals surface area contributed by atoms with Gasteiger partial charge in [0.2, 0.25) is 0 Å². The Bertz CT molecular complexity index is 1150. The molecule has 1 aliphatic carbocycles. The molecule has 2 aromatic carbocycles. The first-order valence-corrected chi connectivity index (χ1v) is 9.36. The van der Waals surface area contributed by atoms with E-state index in [4.69, 9.17) is 4.98 Å². The Balaban J connectivity index is 1.44. The van der Waals surface area contributed by atoms with Gasteiger partial charge in [0.25, 0.3) is 5.91 Å². The lowest BCUT2D eigenvalue weighted by Crippen LogP contribution is -2.14. The first-order valence-electron chi connectivity index (χ1n) is 9.36. The van der Waals surface area contributed by atoms with E-state index >= 15 is 0 Å². The predicted octanol–water partition coefficient (Wildman–Crippen LogP) is 4.82. The van der Waals surface area contributed by atoms with E-state index < -0.39 is 0 Å². The zero-order valence-corrected chi connectivity index (χ0v) is 15.2. The van der Waals surface area contributed by atoms with Crippen LogP contribution in [0.2, 0.25) is 0 Å². The van der Waals surface area contributed by atoms with Crippen LogP contribution in [0.15, 0.2) is 73.1 Å².